The lowest BCUT2D eigenvalue weighted by Crippen LogP contribution is -2.05. The van der Waals surface area contributed by atoms with Crippen molar-refractivity contribution in [2.45, 2.75) is 47.5 Å². The molecule has 1 aliphatic rings. The van der Waals surface area contributed by atoms with Crippen LogP contribution in [0.15, 0.2) is 17.9 Å². The largest absolute Gasteiger partial charge is 0.498 e. The van der Waals surface area contributed by atoms with Gasteiger partial charge in [0.1, 0.15) is 0 Å². The summed E-state index contributed by atoms with van der Waals surface area (Å²) in [4.78, 5) is 0. The van der Waals surface area contributed by atoms with Gasteiger partial charge in [0.05, 0.1) is 23.8 Å². The first kappa shape index (κ1) is 14.8. The molecule has 0 saturated heterocycles. The summed E-state index contributed by atoms with van der Waals surface area (Å²) in [6.07, 6.45) is 6.45. The molecule has 0 atom stereocenters. The standard InChI is InChI=1S/C18H23N3O/c1-6-22-16-9-7-8-15(10-16)21-13(4)17-11(2)19-20-12(3)18(17)14(21)5/h8,10H,6-7,9H2,1-5H3. The lowest BCUT2D eigenvalue weighted by Gasteiger charge is -2.17. The third-order valence-electron chi connectivity index (χ3n) is 4.36. The van der Waals surface area contributed by atoms with Gasteiger partial charge in [0.15, 0.2) is 0 Å². The second-order valence-corrected chi connectivity index (χ2v) is 5.84. The molecule has 0 spiro atoms. The molecule has 0 radical (unpaired) electrons. The Kier molecular flexibility index (Phi) is 3.77. The van der Waals surface area contributed by atoms with E-state index in [4.69, 9.17) is 4.74 Å². The number of allylic oxidation sites excluding steroid dienone is 4. The maximum absolute atomic E-state index is 5.72. The SMILES string of the molecule is CCOC1=CC(n2c(C)c3c(C)nnc(C)c3c2C)=CCC1. The first-order chi connectivity index (χ1) is 10.5. The molecule has 2 aromatic rings. The van der Waals surface area contributed by atoms with Gasteiger partial charge >= 0.3 is 0 Å². The van der Waals surface area contributed by atoms with E-state index < -0.39 is 0 Å². The Morgan fingerprint density at radius 1 is 1.05 bits per heavy atom. The van der Waals surface area contributed by atoms with Crippen molar-refractivity contribution >= 4 is 16.5 Å². The normalized spacial score (nSPS) is 15.0. The van der Waals surface area contributed by atoms with Gasteiger partial charge in [-0.05, 0) is 47.1 Å². The van der Waals surface area contributed by atoms with Crippen molar-refractivity contribution in [2.24, 2.45) is 0 Å². The summed E-state index contributed by atoms with van der Waals surface area (Å²) in [5, 5.41) is 11.0. The summed E-state index contributed by atoms with van der Waals surface area (Å²) >= 11 is 0. The number of aryl methyl sites for hydroxylation is 4. The fraction of sp³-hybridized carbons (Fsp3) is 0.444. The van der Waals surface area contributed by atoms with E-state index in [0.29, 0.717) is 0 Å². The summed E-state index contributed by atoms with van der Waals surface area (Å²) in [5.41, 5.74) is 5.63. The van der Waals surface area contributed by atoms with Crippen LogP contribution in [-0.4, -0.2) is 21.4 Å². The second-order valence-electron chi connectivity index (χ2n) is 5.84. The fourth-order valence-electron chi connectivity index (χ4n) is 3.47. The van der Waals surface area contributed by atoms with Crippen LogP contribution in [0.4, 0.5) is 0 Å². The molecule has 0 saturated carbocycles. The van der Waals surface area contributed by atoms with Crippen LogP contribution in [-0.2, 0) is 4.74 Å². The molecule has 1 aliphatic carbocycles. The van der Waals surface area contributed by atoms with E-state index >= 15 is 0 Å². The van der Waals surface area contributed by atoms with E-state index in [2.05, 4.69) is 40.8 Å². The highest BCUT2D eigenvalue weighted by Gasteiger charge is 2.19. The van der Waals surface area contributed by atoms with E-state index in [0.717, 1.165) is 36.6 Å². The quantitative estimate of drug-likeness (QED) is 0.851. The van der Waals surface area contributed by atoms with Crippen LogP contribution >= 0.6 is 0 Å². The Hall–Kier alpha value is -2.10. The summed E-state index contributed by atoms with van der Waals surface area (Å²) in [6, 6.07) is 0. The Morgan fingerprint density at radius 2 is 1.64 bits per heavy atom. The zero-order valence-corrected chi connectivity index (χ0v) is 14.0. The van der Waals surface area contributed by atoms with E-state index in [1.165, 1.54) is 27.9 Å². The Labute approximate surface area is 131 Å². The second kappa shape index (κ2) is 5.59. The average Bonchev–Trinajstić information content (AvgIpc) is 2.76. The molecule has 0 N–H and O–H groups in total. The van der Waals surface area contributed by atoms with Crippen molar-refractivity contribution in [1.29, 1.82) is 0 Å². The monoisotopic (exact) mass is 297 g/mol. The molecule has 0 aromatic carbocycles. The van der Waals surface area contributed by atoms with Gasteiger partial charge in [-0.3, -0.25) is 0 Å². The lowest BCUT2D eigenvalue weighted by atomic mass is 10.1. The van der Waals surface area contributed by atoms with Gasteiger partial charge in [-0.1, -0.05) is 6.08 Å². The number of fused-ring (bicyclic) bond motifs is 1. The van der Waals surface area contributed by atoms with E-state index in [1.807, 2.05) is 20.8 Å². The lowest BCUT2D eigenvalue weighted by molar-refractivity contribution is 0.218. The van der Waals surface area contributed by atoms with Crippen molar-refractivity contribution < 1.29 is 4.74 Å². The summed E-state index contributed by atoms with van der Waals surface area (Å²) in [7, 11) is 0. The Bertz CT molecular complexity index is 752. The highest BCUT2D eigenvalue weighted by atomic mass is 16.5. The molecule has 4 nitrogen and oxygen atoms in total. The zero-order chi connectivity index (χ0) is 15.9. The molecule has 3 rings (SSSR count). The third kappa shape index (κ3) is 2.23. The van der Waals surface area contributed by atoms with Crippen LogP contribution in [0.25, 0.3) is 16.5 Å². The highest BCUT2D eigenvalue weighted by molar-refractivity contribution is 5.93. The Balaban J connectivity index is 2.22. The van der Waals surface area contributed by atoms with Crippen LogP contribution < -0.4 is 0 Å². The number of rotatable bonds is 3. The van der Waals surface area contributed by atoms with E-state index in [-0.39, 0.29) is 0 Å². The van der Waals surface area contributed by atoms with Crippen LogP contribution in [0.3, 0.4) is 0 Å². The topological polar surface area (TPSA) is 39.9 Å². The smallest absolute Gasteiger partial charge is 0.0983 e. The van der Waals surface area contributed by atoms with Crippen molar-refractivity contribution in [2.75, 3.05) is 6.61 Å². The van der Waals surface area contributed by atoms with Crippen LogP contribution in [0, 0.1) is 27.7 Å². The molecule has 0 unspecified atom stereocenters. The number of nitrogens with zero attached hydrogens (tertiary/aromatic N) is 3. The molecule has 2 aromatic heterocycles. The van der Waals surface area contributed by atoms with Crippen molar-refractivity contribution in [3.8, 4) is 0 Å². The molecular weight excluding hydrogens is 274 g/mol. The maximum Gasteiger partial charge on any atom is 0.0983 e. The van der Waals surface area contributed by atoms with Crippen LogP contribution in [0.2, 0.25) is 0 Å². The molecule has 22 heavy (non-hydrogen) atoms. The third-order valence-corrected chi connectivity index (χ3v) is 4.36. The molecule has 2 heterocycles. The first-order valence-corrected chi connectivity index (χ1v) is 7.90. The van der Waals surface area contributed by atoms with Gasteiger partial charge < -0.3 is 9.30 Å². The molecule has 4 heteroatoms. The van der Waals surface area contributed by atoms with Crippen LogP contribution in [0.5, 0.6) is 0 Å². The summed E-state index contributed by atoms with van der Waals surface area (Å²) in [6.45, 7) is 11.1. The minimum Gasteiger partial charge on any atom is -0.498 e. The van der Waals surface area contributed by atoms with E-state index in [1.54, 1.807) is 0 Å². The number of hydrogen-bond acceptors (Lipinski definition) is 3. The van der Waals surface area contributed by atoms with Gasteiger partial charge in [-0.2, -0.15) is 10.2 Å². The molecule has 116 valence electrons. The zero-order valence-electron chi connectivity index (χ0n) is 14.0. The predicted molar refractivity (Wildman–Crippen MR) is 89.7 cm³/mol. The average molecular weight is 297 g/mol. The summed E-state index contributed by atoms with van der Waals surface area (Å²) in [5.74, 6) is 1.07. The maximum atomic E-state index is 5.72. The van der Waals surface area contributed by atoms with Crippen molar-refractivity contribution in [1.82, 2.24) is 14.8 Å². The van der Waals surface area contributed by atoms with Gasteiger partial charge in [0, 0.05) is 34.3 Å². The van der Waals surface area contributed by atoms with Crippen LogP contribution in [0.1, 0.15) is 42.5 Å². The molecular formula is C18H23N3O. The molecule has 0 aliphatic heterocycles. The minimum atomic E-state index is 0.719. The molecule has 0 bridgehead atoms. The number of ether oxygens (including phenoxy) is 1. The van der Waals surface area contributed by atoms with E-state index in [9.17, 15) is 0 Å². The van der Waals surface area contributed by atoms with Gasteiger partial charge in [0.25, 0.3) is 0 Å². The minimum absolute atomic E-state index is 0.719. The van der Waals surface area contributed by atoms with Crippen molar-refractivity contribution in [3.63, 3.8) is 0 Å². The van der Waals surface area contributed by atoms with Crippen molar-refractivity contribution in [3.05, 3.63) is 40.7 Å². The Morgan fingerprint density at radius 3 is 2.18 bits per heavy atom. The fourth-order valence-corrected chi connectivity index (χ4v) is 3.47. The molecule has 0 amide bonds. The number of aromatic nitrogens is 3. The summed E-state index contributed by atoms with van der Waals surface area (Å²) < 4.78 is 8.03. The highest BCUT2D eigenvalue weighted by Crippen LogP contribution is 2.33. The van der Waals surface area contributed by atoms with Gasteiger partial charge in [0.2, 0.25) is 0 Å². The first-order valence-electron chi connectivity index (χ1n) is 7.90. The molecule has 0 fully saturated rings. The van der Waals surface area contributed by atoms with Gasteiger partial charge in [-0.25, -0.2) is 0 Å². The number of hydrogen-bond donors (Lipinski definition) is 0. The predicted octanol–water partition coefficient (Wildman–Crippen LogP) is 4.22. The van der Waals surface area contributed by atoms with Gasteiger partial charge in [-0.15, -0.1) is 0 Å².